The van der Waals surface area contributed by atoms with Crippen LogP contribution in [-0.4, -0.2) is 20.6 Å². The molecule has 0 bridgehead atoms. The van der Waals surface area contributed by atoms with Crippen LogP contribution in [0.1, 0.15) is 5.82 Å². The number of aromatic nitrogens is 4. The van der Waals surface area contributed by atoms with E-state index in [0.29, 0.717) is 5.02 Å². The van der Waals surface area contributed by atoms with Gasteiger partial charge in [-0.2, -0.15) is 10.5 Å². The van der Waals surface area contributed by atoms with E-state index in [-0.39, 0.29) is 11.4 Å². The standard InChI is InChI=1S/C10H7ClN6/c11-8-1-3-9(4-2-8)13-6-7(5-12)10-14-16-17-15-10/h1-4,6,13H,(H,14,15,16,17). The lowest BCUT2D eigenvalue weighted by Crippen LogP contribution is -1.92. The normalized spacial score (nSPS) is 10.9. The highest BCUT2D eigenvalue weighted by molar-refractivity contribution is 6.30. The summed E-state index contributed by atoms with van der Waals surface area (Å²) in [5.74, 6) is 0.244. The van der Waals surface area contributed by atoms with E-state index in [2.05, 4.69) is 25.9 Å². The van der Waals surface area contributed by atoms with Gasteiger partial charge in [-0.1, -0.05) is 11.6 Å². The number of nitriles is 1. The molecule has 1 aromatic carbocycles. The molecule has 2 rings (SSSR count). The molecule has 0 atom stereocenters. The van der Waals surface area contributed by atoms with Crippen molar-refractivity contribution < 1.29 is 0 Å². The van der Waals surface area contributed by atoms with Gasteiger partial charge in [-0.05, 0) is 29.5 Å². The maximum Gasteiger partial charge on any atom is 0.216 e. The number of tetrazole rings is 1. The molecule has 1 aromatic heterocycles. The molecule has 7 heteroatoms. The van der Waals surface area contributed by atoms with Gasteiger partial charge in [0.2, 0.25) is 5.82 Å². The van der Waals surface area contributed by atoms with Crippen LogP contribution >= 0.6 is 11.6 Å². The first-order chi connectivity index (χ1) is 8.29. The van der Waals surface area contributed by atoms with Crippen LogP contribution in [0, 0.1) is 11.3 Å². The minimum absolute atomic E-state index is 0.244. The summed E-state index contributed by atoms with van der Waals surface area (Å²) in [5, 5.41) is 25.6. The van der Waals surface area contributed by atoms with Crippen molar-refractivity contribution in [3.05, 3.63) is 41.3 Å². The Bertz CT molecular complexity index is 551. The largest absolute Gasteiger partial charge is 0.360 e. The minimum Gasteiger partial charge on any atom is -0.360 e. The van der Waals surface area contributed by atoms with Gasteiger partial charge in [0.15, 0.2) is 0 Å². The molecule has 0 saturated carbocycles. The quantitative estimate of drug-likeness (QED) is 0.807. The van der Waals surface area contributed by atoms with E-state index in [0.717, 1.165) is 5.69 Å². The van der Waals surface area contributed by atoms with Crippen molar-refractivity contribution in [3.8, 4) is 6.07 Å². The number of H-pyrrole nitrogens is 1. The van der Waals surface area contributed by atoms with Crippen LogP contribution in [0.3, 0.4) is 0 Å². The third kappa shape index (κ3) is 2.80. The molecule has 0 aliphatic rings. The highest BCUT2D eigenvalue weighted by Gasteiger charge is 2.04. The second-order valence-electron chi connectivity index (χ2n) is 3.06. The lowest BCUT2D eigenvalue weighted by atomic mass is 10.3. The number of nitrogens with one attached hydrogen (secondary N) is 2. The maximum absolute atomic E-state index is 8.92. The fraction of sp³-hybridized carbons (Fsp3) is 0. The van der Waals surface area contributed by atoms with Gasteiger partial charge in [0.1, 0.15) is 11.6 Å². The smallest absolute Gasteiger partial charge is 0.216 e. The Balaban J connectivity index is 2.14. The van der Waals surface area contributed by atoms with E-state index in [1.807, 2.05) is 6.07 Å². The van der Waals surface area contributed by atoms with Gasteiger partial charge in [-0.25, -0.2) is 0 Å². The Hall–Kier alpha value is -2.39. The SMILES string of the molecule is N#CC(=CNc1ccc(Cl)cc1)c1nn[nH]n1. The van der Waals surface area contributed by atoms with Crippen LogP contribution < -0.4 is 5.32 Å². The molecule has 0 amide bonds. The zero-order valence-electron chi connectivity index (χ0n) is 8.55. The highest BCUT2D eigenvalue weighted by Crippen LogP contribution is 2.14. The third-order valence-electron chi connectivity index (χ3n) is 1.93. The monoisotopic (exact) mass is 246 g/mol. The zero-order chi connectivity index (χ0) is 12.1. The van der Waals surface area contributed by atoms with E-state index in [4.69, 9.17) is 16.9 Å². The van der Waals surface area contributed by atoms with Gasteiger partial charge in [0, 0.05) is 16.9 Å². The van der Waals surface area contributed by atoms with Crippen LogP contribution in [0.15, 0.2) is 30.5 Å². The Morgan fingerprint density at radius 3 is 2.76 bits per heavy atom. The lowest BCUT2D eigenvalue weighted by molar-refractivity contribution is 0.881. The second-order valence-corrected chi connectivity index (χ2v) is 3.49. The van der Waals surface area contributed by atoms with E-state index >= 15 is 0 Å². The minimum atomic E-state index is 0.244. The van der Waals surface area contributed by atoms with E-state index in [9.17, 15) is 0 Å². The number of hydrogen-bond donors (Lipinski definition) is 2. The molecular weight excluding hydrogens is 240 g/mol. The number of allylic oxidation sites excluding steroid dienone is 1. The van der Waals surface area contributed by atoms with Gasteiger partial charge in [-0.3, -0.25) is 0 Å². The van der Waals surface area contributed by atoms with Crippen LogP contribution in [0.2, 0.25) is 5.02 Å². The summed E-state index contributed by atoms with van der Waals surface area (Å²) in [5.41, 5.74) is 1.10. The van der Waals surface area contributed by atoms with E-state index in [1.54, 1.807) is 24.3 Å². The van der Waals surface area contributed by atoms with Gasteiger partial charge in [-0.15, -0.1) is 10.2 Å². The number of rotatable bonds is 3. The van der Waals surface area contributed by atoms with Crippen molar-refractivity contribution in [2.24, 2.45) is 0 Å². The van der Waals surface area contributed by atoms with Crippen molar-refractivity contribution in [1.29, 1.82) is 5.26 Å². The first kappa shape index (κ1) is 11.1. The van der Waals surface area contributed by atoms with Crippen molar-refractivity contribution in [2.45, 2.75) is 0 Å². The van der Waals surface area contributed by atoms with Crippen LogP contribution in [0.5, 0.6) is 0 Å². The third-order valence-corrected chi connectivity index (χ3v) is 2.19. The summed E-state index contributed by atoms with van der Waals surface area (Å²) in [7, 11) is 0. The molecule has 6 nitrogen and oxygen atoms in total. The Labute approximate surface area is 102 Å². The Morgan fingerprint density at radius 2 is 2.18 bits per heavy atom. The van der Waals surface area contributed by atoms with Gasteiger partial charge in [0.05, 0.1) is 0 Å². The molecule has 0 saturated heterocycles. The topological polar surface area (TPSA) is 90.3 Å². The molecule has 17 heavy (non-hydrogen) atoms. The molecule has 0 aliphatic carbocycles. The van der Waals surface area contributed by atoms with Crippen molar-refractivity contribution in [1.82, 2.24) is 20.6 Å². The van der Waals surface area contributed by atoms with Crippen molar-refractivity contribution in [3.63, 3.8) is 0 Å². The Morgan fingerprint density at radius 1 is 1.41 bits per heavy atom. The first-order valence-corrected chi connectivity index (χ1v) is 5.03. The second kappa shape index (κ2) is 5.09. The van der Waals surface area contributed by atoms with Crippen LogP contribution in [-0.2, 0) is 0 Å². The number of nitrogens with zero attached hydrogens (tertiary/aromatic N) is 4. The summed E-state index contributed by atoms with van der Waals surface area (Å²) in [4.78, 5) is 0. The molecule has 2 N–H and O–H groups in total. The molecule has 84 valence electrons. The molecule has 0 spiro atoms. The molecule has 0 aliphatic heterocycles. The van der Waals surface area contributed by atoms with Crippen molar-refractivity contribution >= 4 is 22.9 Å². The Kier molecular flexibility index (Phi) is 3.33. The molecule has 0 unspecified atom stereocenters. The summed E-state index contributed by atoms with van der Waals surface area (Å²) in [6.07, 6.45) is 1.51. The number of halogens is 1. The van der Waals surface area contributed by atoms with Gasteiger partial charge < -0.3 is 5.32 Å². The number of aromatic amines is 1. The molecule has 1 heterocycles. The average Bonchev–Trinajstić information content (AvgIpc) is 2.86. The van der Waals surface area contributed by atoms with Gasteiger partial charge >= 0.3 is 0 Å². The van der Waals surface area contributed by atoms with Crippen molar-refractivity contribution in [2.75, 3.05) is 5.32 Å². The maximum atomic E-state index is 8.92. The van der Waals surface area contributed by atoms with Crippen LogP contribution in [0.4, 0.5) is 5.69 Å². The molecule has 0 radical (unpaired) electrons. The first-order valence-electron chi connectivity index (χ1n) is 4.66. The fourth-order valence-electron chi connectivity index (χ4n) is 1.12. The summed E-state index contributed by atoms with van der Waals surface area (Å²) < 4.78 is 0. The number of hydrogen-bond acceptors (Lipinski definition) is 5. The number of anilines is 1. The van der Waals surface area contributed by atoms with E-state index in [1.165, 1.54) is 6.20 Å². The predicted octanol–water partition coefficient (Wildman–Crippen LogP) is 1.83. The molecular formula is C10H7ClN6. The lowest BCUT2D eigenvalue weighted by Gasteiger charge is -2.00. The summed E-state index contributed by atoms with van der Waals surface area (Å²) in [6, 6.07) is 9.06. The predicted molar refractivity (Wildman–Crippen MR) is 62.8 cm³/mol. The van der Waals surface area contributed by atoms with E-state index < -0.39 is 0 Å². The molecule has 2 aromatic rings. The average molecular weight is 247 g/mol. The fourth-order valence-corrected chi connectivity index (χ4v) is 1.25. The summed E-state index contributed by atoms with van der Waals surface area (Å²) in [6.45, 7) is 0. The van der Waals surface area contributed by atoms with Gasteiger partial charge in [0.25, 0.3) is 0 Å². The zero-order valence-corrected chi connectivity index (χ0v) is 9.31. The molecule has 0 fully saturated rings. The highest BCUT2D eigenvalue weighted by atomic mass is 35.5. The summed E-state index contributed by atoms with van der Waals surface area (Å²) >= 11 is 5.75. The van der Waals surface area contributed by atoms with Crippen LogP contribution in [0.25, 0.3) is 5.57 Å². The number of benzene rings is 1.